The first-order valence-electron chi connectivity index (χ1n) is 8.59. The monoisotopic (exact) mass is 428 g/mol. The molecule has 0 bridgehead atoms. The van der Waals surface area contributed by atoms with Crippen molar-refractivity contribution in [2.24, 2.45) is 0 Å². The second kappa shape index (κ2) is 6.74. The molecule has 0 spiro atoms. The molecule has 1 aliphatic rings. The van der Waals surface area contributed by atoms with E-state index in [0.29, 0.717) is 0 Å². The summed E-state index contributed by atoms with van der Waals surface area (Å²) in [7, 11) is 0. The lowest BCUT2D eigenvalue weighted by Crippen LogP contribution is -2.30. The SMILES string of the molecule is CC(C)(C)c1ccc(-c2nnc3n2CN(c2ccc(Br)cc2)CS3)cc1. The fourth-order valence-corrected chi connectivity index (χ4v) is 4.18. The Bertz CT molecular complexity index is 910. The van der Waals surface area contributed by atoms with Crippen LogP contribution in [-0.2, 0) is 12.1 Å². The summed E-state index contributed by atoms with van der Waals surface area (Å²) in [5.41, 5.74) is 3.78. The molecular weight excluding hydrogens is 408 g/mol. The molecule has 0 saturated carbocycles. The van der Waals surface area contributed by atoms with E-state index < -0.39 is 0 Å². The van der Waals surface area contributed by atoms with E-state index in [9.17, 15) is 0 Å². The van der Waals surface area contributed by atoms with Crippen LogP contribution in [0.25, 0.3) is 11.4 Å². The molecule has 0 saturated heterocycles. The smallest absolute Gasteiger partial charge is 0.194 e. The van der Waals surface area contributed by atoms with Gasteiger partial charge >= 0.3 is 0 Å². The van der Waals surface area contributed by atoms with Crippen LogP contribution in [0.3, 0.4) is 0 Å². The normalized spacial score (nSPS) is 14.4. The lowest BCUT2D eigenvalue weighted by Gasteiger charge is -2.29. The van der Waals surface area contributed by atoms with Crippen LogP contribution in [0.2, 0.25) is 0 Å². The topological polar surface area (TPSA) is 34.0 Å². The lowest BCUT2D eigenvalue weighted by atomic mass is 9.87. The third kappa shape index (κ3) is 3.40. The molecule has 0 radical (unpaired) electrons. The highest BCUT2D eigenvalue weighted by atomic mass is 79.9. The van der Waals surface area contributed by atoms with Crippen LogP contribution >= 0.6 is 27.7 Å². The number of aromatic nitrogens is 3. The Morgan fingerprint density at radius 3 is 2.31 bits per heavy atom. The molecule has 2 heterocycles. The van der Waals surface area contributed by atoms with Gasteiger partial charge in [-0.25, -0.2) is 0 Å². The van der Waals surface area contributed by atoms with Crippen LogP contribution < -0.4 is 4.90 Å². The molecule has 0 N–H and O–H groups in total. The molecule has 3 aromatic rings. The van der Waals surface area contributed by atoms with Gasteiger partial charge in [-0.15, -0.1) is 10.2 Å². The third-order valence-electron chi connectivity index (χ3n) is 4.58. The Labute approximate surface area is 166 Å². The zero-order valence-corrected chi connectivity index (χ0v) is 17.5. The molecular formula is C20H21BrN4S. The molecule has 1 aromatic heterocycles. The zero-order chi connectivity index (χ0) is 18.3. The highest BCUT2D eigenvalue weighted by Gasteiger charge is 2.23. The first-order chi connectivity index (χ1) is 12.4. The summed E-state index contributed by atoms with van der Waals surface area (Å²) in [5, 5.41) is 9.83. The van der Waals surface area contributed by atoms with Gasteiger partial charge in [0.05, 0.1) is 12.5 Å². The molecule has 6 heteroatoms. The number of halogens is 1. The highest BCUT2D eigenvalue weighted by Crippen LogP contribution is 2.32. The van der Waals surface area contributed by atoms with Crippen molar-refractivity contribution >= 4 is 33.4 Å². The maximum absolute atomic E-state index is 4.46. The molecule has 0 unspecified atom stereocenters. The maximum atomic E-state index is 4.46. The molecule has 4 rings (SSSR count). The summed E-state index contributed by atoms with van der Waals surface area (Å²) < 4.78 is 3.29. The molecule has 26 heavy (non-hydrogen) atoms. The molecule has 1 aliphatic heterocycles. The molecule has 2 aromatic carbocycles. The number of nitrogens with zero attached hydrogens (tertiary/aromatic N) is 4. The second-order valence-corrected chi connectivity index (χ2v) is 9.32. The maximum Gasteiger partial charge on any atom is 0.194 e. The van der Waals surface area contributed by atoms with Crippen LogP contribution in [0.1, 0.15) is 26.3 Å². The molecule has 134 valence electrons. The van der Waals surface area contributed by atoms with E-state index >= 15 is 0 Å². The quantitative estimate of drug-likeness (QED) is 0.536. The largest absolute Gasteiger partial charge is 0.344 e. The summed E-state index contributed by atoms with van der Waals surface area (Å²) in [6.07, 6.45) is 0. The molecule has 0 amide bonds. The van der Waals surface area contributed by atoms with E-state index in [0.717, 1.165) is 33.6 Å². The number of rotatable bonds is 2. The van der Waals surface area contributed by atoms with E-state index in [1.54, 1.807) is 11.8 Å². The van der Waals surface area contributed by atoms with Crippen molar-refractivity contribution in [1.29, 1.82) is 0 Å². The molecule has 0 fully saturated rings. The summed E-state index contributed by atoms with van der Waals surface area (Å²) >= 11 is 5.22. The van der Waals surface area contributed by atoms with Gasteiger partial charge in [-0.05, 0) is 35.2 Å². The number of benzene rings is 2. The van der Waals surface area contributed by atoms with E-state index in [2.05, 4.69) is 105 Å². The van der Waals surface area contributed by atoms with E-state index in [4.69, 9.17) is 0 Å². The van der Waals surface area contributed by atoms with Gasteiger partial charge < -0.3 is 4.90 Å². The Morgan fingerprint density at radius 2 is 1.65 bits per heavy atom. The fraction of sp³-hybridized carbons (Fsp3) is 0.300. The van der Waals surface area contributed by atoms with Crippen LogP contribution in [0.5, 0.6) is 0 Å². The van der Waals surface area contributed by atoms with Crippen molar-refractivity contribution in [3.63, 3.8) is 0 Å². The van der Waals surface area contributed by atoms with Gasteiger partial charge in [0, 0.05) is 15.7 Å². The molecule has 4 nitrogen and oxygen atoms in total. The summed E-state index contributed by atoms with van der Waals surface area (Å²) in [6.45, 7) is 7.45. The first kappa shape index (κ1) is 17.6. The number of hydrogen-bond donors (Lipinski definition) is 0. The van der Waals surface area contributed by atoms with Crippen LogP contribution in [0.15, 0.2) is 58.2 Å². The Morgan fingerprint density at radius 1 is 0.962 bits per heavy atom. The van der Waals surface area contributed by atoms with Gasteiger partial charge in [-0.2, -0.15) is 0 Å². The lowest BCUT2D eigenvalue weighted by molar-refractivity contribution is 0.590. The van der Waals surface area contributed by atoms with Crippen molar-refractivity contribution in [1.82, 2.24) is 14.8 Å². The van der Waals surface area contributed by atoms with Crippen molar-refractivity contribution < 1.29 is 0 Å². The number of fused-ring (bicyclic) bond motifs is 1. The average Bonchev–Trinajstić information content (AvgIpc) is 3.05. The second-order valence-electron chi connectivity index (χ2n) is 7.49. The van der Waals surface area contributed by atoms with Crippen LogP contribution in [0.4, 0.5) is 5.69 Å². The number of hydrogen-bond acceptors (Lipinski definition) is 4. The number of thioether (sulfide) groups is 1. The average molecular weight is 429 g/mol. The van der Waals surface area contributed by atoms with Crippen molar-refractivity contribution in [2.45, 2.75) is 38.0 Å². The van der Waals surface area contributed by atoms with Crippen LogP contribution in [-0.4, -0.2) is 20.6 Å². The summed E-state index contributed by atoms with van der Waals surface area (Å²) in [6, 6.07) is 17.1. The van der Waals surface area contributed by atoms with Crippen LogP contribution in [0, 0.1) is 0 Å². The van der Waals surface area contributed by atoms with E-state index in [1.165, 1.54) is 11.3 Å². The van der Waals surface area contributed by atoms with Gasteiger partial charge in [-0.3, -0.25) is 4.57 Å². The zero-order valence-electron chi connectivity index (χ0n) is 15.1. The third-order valence-corrected chi connectivity index (χ3v) is 6.11. The van der Waals surface area contributed by atoms with Gasteiger partial charge in [0.2, 0.25) is 0 Å². The highest BCUT2D eigenvalue weighted by molar-refractivity contribution is 9.10. The molecule has 0 aliphatic carbocycles. The first-order valence-corrected chi connectivity index (χ1v) is 10.4. The minimum absolute atomic E-state index is 0.150. The van der Waals surface area contributed by atoms with Gasteiger partial charge in [0.25, 0.3) is 0 Å². The van der Waals surface area contributed by atoms with Crippen molar-refractivity contribution in [3.8, 4) is 11.4 Å². The minimum Gasteiger partial charge on any atom is -0.344 e. The Hall–Kier alpha value is -1.79. The van der Waals surface area contributed by atoms with Gasteiger partial charge in [0.1, 0.15) is 0 Å². The summed E-state index contributed by atoms with van der Waals surface area (Å²) in [4.78, 5) is 2.33. The molecule has 0 atom stereocenters. The standard InChI is InChI=1S/C20H21BrN4S/c1-20(2,3)15-6-4-14(5-7-15)18-22-23-19-25(18)12-24(13-26-19)17-10-8-16(21)9-11-17/h4-11H,12-13H2,1-3H3. The predicted octanol–water partition coefficient (Wildman–Crippen LogP) is 5.53. The predicted molar refractivity (Wildman–Crippen MR) is 112 cm³/mol. The van der Waals surface area contributed by atoms with Crippen molar-refractivity contribution in [3.05, 3.63) is 58.6 Å². The van der Waals surface area contributed by atoms with E-state index in [-0.39, 0.29) is 5.41 Å². The van der Waals surface area contributed by atoms with Crippen molar-refractivity contribution in [2.75, 3.05) is 10.8 Å². The Kier molecular flexibility index (Phi) is 4.57. The Balaban J connectivity index is 1.63. The summed E-state index contributed by atoms with van der Waals surface area (Å²) in [5.74, 6) is 1.80. The van der Waals surface area contributed by atoms with Gasteiger partial charge in [-0.1, -0.05) is 72.7 Å². The fourth-order valence-electron chi connectivity index (χ4n) is 3.01. The van der Waals surface area contributed by atoms with E-state index in [1.807, 2.05) is 0 Å². The van der Waals surface area contributed by atoms with Gasteiger partial charge in [0.15, 0.2) is 11.0 Å². The minimum atomic E-state index is 0.150. The number of anilines is 1.